The standard InChI is InChI=1S/C30H32OP2/c1-4-30(3,27-20-11-12-21-28(27)31)32-29-23(2)14-13-15-24(29)22-33(25-16-7-5-8-17-25)26-18-9-6-10-19-26/h5-21,31-32H,4,22H2,1-3H3. The highest BCUT2D eigenvalue weighted by Crippen LogP contribution is 2.48. The summed E-state index contributed by atoms with van der Waals surface area (Å²) in [5.41, 5.74) is 3.83. The summed E-state index contributed by atoms with van der Waals surface area (Å²) in [5.74, 6) is 0.403. The molecule has 1 N–H and O–H groups in total. The van der Waals surface area contributed by atoms with Crippen LogP contribution in [0.3, 0.4) is 0 Å². The van der Waals surface area contributed by atoms with Crippen molar-refractivity contribution >= 4 is 32.4 Å². The number of phenolic OH excluding ortho intramolecular Hbond substituents is 1. The minimum absolute atomic E-state index is 0.103. The summed E-state index contributed by atoms with van der Waals surface area (Å²) >= 11 is 0. The maximum atomic E-state index is 10.6. The summed E-state index contributed by atoms with van der Waals surface area (Å²) in [6.07, 6.45) is 2.00. The molecule has 0 amide bonds. The van der Waals surface area contributed by atoms with Crippen molar-refractivity contribution in [3.05, 3.63) is 120 Å². The number of hydrogen-bond donors (Lipinski definition) is 1. The van der Waals surface area contributed by atoms with Gasteiger partial charge in [-0.05, 0) is 54.4 Å². The van der Waals surface area contributed by atoms with Crippen molar-refractivity contribution in [1.29, 1.82) is 0 Å². The number of para-hydroxylation sites is 1. The van der Waals surface area contributed by atoms with Gasteiger partial charge in [-0.2, -0.15) is 0 Å². The number of aromatic hydroxyl groups is 1. The van der Waals surface area contributed by atoms with E-state index in [1.807, 2.05) is 18.2 Å². The van der Waals surface area contributed by atoms with Gasteiger partial charge in [0, 0.05) is 16.9 Å². The summed E-state index contributed by atoms with van der Waals surface area (Å²) in [7, 11) is 0.0783. The number of rotatable bonds is 8. The minimum Gasteiger partial charge on any atom is -0.508 e. The van der Waals surface area contributed by atoms with Gasteiger partial charge in [0.25, 0.3) is 0 Å². The summed E-state index contributed by atoms with van der Waals surface area (Å²) in [6, 6.07) is 36.5. The van der Waals surface area contributed by atoms with Crippen LogP contribution in [0.15, 0.2) is 103 Å². The average molecular weight is 471 g/mol. The van der Waals surface area contributed by atoms with Crippen molar-refractivity contribution in [1.82, 2.24) is 0 Å². The quantitative estimate of drug-likeness (QED) is 0.276. The van der Waals surface area contributed by atoms with Crippen LogP contribution in [0.1, 0.15) is 37.0 Å². The van der Waals surface area contributed by atoms with Gasteiger partial charge in [-0.1, -0.05) is 119 Å². The van der Waals surface area contributed by atoms with Crippen LogP contribution < -0.4 is 15.9 Å². The molecule has 2 unspecified atom stereocenters. The van der Waals surface area contributed by atoms with Crippen LogP contribution in [0, 0.1) is 6.92 Å². The van der Waals surface area contributed by atoms with Crippen LogP contribution in [-0.4, -0.2) is 5.11 Å². The highest BCUT2D eigenvalue weighted by molar-refractivity contribution is 7.72. The molecule has 0 saturated heterocycles. The molecule has 2 atom stereocenters. The third kappa shape index (κ3) is 5.38. The van der Waals surface area contributed by atoms with Crippen LogP contribution in [0.4, 0.5) is 0 Å². The van der Waals surface area contributed by atoms with Crippen LogP contribution >= 0.6 is 16.5 Å². The molecule has 4 aromatic carbocycles. The second-order valence-electron chi connectivity index (χ2n) is 8.69. The zero-order valence-electron chi connectivity index (χ0n) is 19.6. The van der Waals surface area contributed by atoms with Crippen molar-refractivity contribution in [2.45, 2.75) is 38.5 Å². The SMILES string of the molecule is CCC(C)(Pc1c(C)cccc1CP(c1ccccc1)c1ccccc1)c1ccccc1O. The molecule has 33 heavy (non-hydrogen) atoms. The van der Waals surface area contributed by atoms with E-state index in [0.29, 0.717) is 14.3 Å². The lowest BCUT2D eigenvalue weighted by Crippen LogP contribution is -2.22. The van der Waals surface area contributed by atoms with E-state index in [9.17, 15) is 5.11 Å². The van der Waals surface area contributed by atoms with Crippen molar-refractivity contribution in [3.8, 4) is 5.75 Å². The Morgan fingerprint density at radius 2 is 1.33 bits per heavy atom. The van der Waals surface area contributed by atoms with Crippen LogP contribution in [0.2, 0.25) is 0 Å². The molecule has 0 bridgehead atoms. The molecule has 1 nitrogen and oxygen atoms in total. The lowest BCUT2D eigenvalue weighted by atomic mass is 9.96. The molecule has 0 radical (unpaired) electrons. The second-order valence-corrected chi connectivity index (χ2v) is 12.8. The first-order chi connectivity index (χ1) is 16.0. The molecule has 0 aliphatic rings. The molecular formula is C30H32OP2. The molecule has 0 fully saturated rings. The summed E-state index contributed by atoms with van der Waals surface area (Å²) in [4.78, 5) is 0. The first-order valence-electron chi connectivity index (χ1n) is 11.5. The zero-order chi connectivity index (χ0) is 23.3. The Kier molecular flexibility index (Phi) is 7.64. The largest absolute Gasteiger partial charge is 0.508 e. The first-order valence-corrected chi connectivity index (χ1v) is 14.1. The van der Waals surface area contributed by atoms with E-state index in [4.69, 9.17) is 0 Å². The molecule has 0 saturated carbocycles. The maximum Gasteiger partial charge on any atom is 0.119 e. The third-order valence-electron chi connectivity index (χ3n) is 6.43. The minimum atomic E-state index is -0.507. The molecule has 0 spiro atoms. The average Bonchev–Trinajstić information content (AvgIpc) is 2.85. The fourth-order valence-corrected chi connectivity index (χ4v) is 8.49. The fraction of sp³-hybridized carbons (Fsp3) is 0.200. The van der Waals surface area contributed by atoms with Crippen LogP contribution in [0.5, 0.6) is 5.75 Å². The predicted molar refractivity (Wildman–Crippen MR) is 148 cm³/mol. The van der Waals surface area contributed by atoms with E-state index >= 15 is 0 Å². The topological polar surface area (TPSA) is 20.2 Å². The molecule has 3 heteroatoms. The molecule has 0 aliphatic heterocycles. The van der Waals surface area contributed by atoms with E-state index in [-0.39, 0.29) is 5.16 Å². The van der Waals surface area contributed by atoms with Gasteiger partial charge < -0.3 is 5.11 Å². The van der Waals surface area contributed by atoms with Gasteiger partial charge in [0.15, 0.2) is 0 Å². The Morgan fingerprint density at radius 1 is 0.758 bits per heavy atom. The molecule has 0 aliphatic carbocycles. The van der Waals surface area contributed by atoms with Gasteiger partial charge >= 0.3 is 0 Å². The zero-order valence-corrected chi connectivity index (χ0v) is 21.5. The highest BCUT2D eigenvalue weighted by atomic mass is 31.1. The molecule has 168 valence electrons. The van der Waals surface area contributed by atoms with Gasteiger partial charge in [0.2, 0.25) is 0 Å². The van der Waals surface area contributed by atoms with Crippen LogP contribution in [-0.2, 0) is 11.3 Å². The van der Waals surface area contributed by atoms with E-state index in [2.05, 4.69) is 106 Å². The van der Waals surface area contributed by atoms with Gasteiger partial charge in [-0.15, -0.1) is 0 Å². The molecule has 0 heterocycles. The van der Waals surface area contributed by atoms with Gasteiger partial charge in [-0.3, -0.25) is 0 Å². The van der Waals surface area contributed by atoms with E-state index in [1.54, 1.807) is 0 Å². The first kappa shape index (κ1) is 23.7. The molecular weight excluding hydrogens is 438 g/mol. The smallest absolute Gasteiger partial charge is 0.119 e. The van der Waals surface area contributed by atoms with E-state index in [0.717, 1.165) is 18.1 Å². The Bertz CT molecular complexity index is 1150. The summed E-state index contributed by atoms with van der Waals surface area (Å²) in [6.45, 7) is 6.77. The molecule has 0 aromatic heterocycles. The van der Waals surface area contributed by atoms with Crippen molar-refractivity contribution in [3.63, 3.8) is 0 Å². The van der Waals surface area contributed by atoms with Gasteiger partial charge in [0.05, 0.1) is 0 Å². The number of phenols is 1. The highest BCUT2D eigenvalue weighted by Gasteiger charge is 2.29. The number of hydrogen-bond acceptors (Lipinski definition) is 1. The van der Waals surface area contributed by atoms with Gasteiger partial charge in [0.1, 0.15) is 5.75 Å². The van der Waals surface area contributed by atoms with E-state index < -0.39 is 7.92 Å². The summed E-state index contributed by atoms with van der Waals surface area (Å²) in [5, 5.41) is 14.8. The molecule has 4 rings (SSSR count). The third-order valence-corrected chi connectivity index (χ3v) is 11.1. The Morgan fingerprint density at radius 3 is 1.91 bits per heavy atom. The van der Waals surface area contributed by atoms with Gasteiger partial charge in [-0.25, -0.2) is 0 Å². The Hall–Kier alpha value is -2.46. The lowest BCUT2D eigenvalue weighted by Gasteiger charge is -2.32. The van der Waals surface area contributed by atoms with E-state index in [1.165, 1.54) is 27.0 Å². The summed E-state index contributed by atoms with van der Waals surface area (Å²) < 4.78 is 0. The van der Waals surface area contributed by atoms with Crippen molar-refractivity contribution < 1.29 is 5.11 Å². The van der Waals surface area contributed by atoms with Crippen LogP contribution in [0.25, 0.3) is 0 Å². The van der Waals surface area contributed by atoms with Crippen molar-refractivity contribution in [2.75, 3.05) is 0 Å². The fourth-order valence-electron chi connectivity index (χ4n) is 4.32. The second kappa shape index (κ2) is 10.6. The van der Waals surface area contributed by atoms with Crippen molar-refractivity contribution in [2.24, 2.45) is 0 Å². The predicted octanol–water partition coefficient (Wildman–Crippen LogP) is 6.96. The Labute approximate surface area is 201 Å². The number of aryl methyl sites for hydroxylation is 1. The maximum absolute atomic E-state index is 10.6. The Balaban J connectivity index is 1.75. The lowest BCUT2D eigenvalue weighted by molar-refractivity contribution is 0.457. The normalized spacial score (nSPS) is 13.5. The number of benzene rings is 4. The monoisotopic (exact) mass is 470 g/mol. The molecule has 4 aromatic rings.